The quantitative estimate of drug-likeness (QED) is 0.673. The molecule has 1 fully saturated rings. The highest BCUT2D eigenvalue weighted by atomic mass is 19.4. The van der Waals surface area contributed by atoms with Gasteiger partial charge in [0.1, 0.15) is 0 Å². The Balaban J connectivity index is 2.02. The highest BCUT2D eigenvalue weighted by molar-refractivity contribution is 5.40. The van der Waals surface area contributed by atoms with E-state index in [1.165, 1.54) is 5.56 Å². The molecule has 0 radical (unpaired) electrons. The van der Waals surface area contributed by atoms with Crippen molar-refractivity contribution in [2.24, 2.45) is 0 Å². The lowest BCUT2D eigenvalue weighted by Gasteiger charge is -2.17. The van der Waals surface area contributed by atoms with Crippen LogP contribution in [0.3, 0.4) is 0 Å². The maximum Gasteiger partial charge on any atom is 0.424 e. The second-order valence-corrected chi connectivity index (χ2v) is 4.45. The lowest BCUT2D eigenvalue weighted by atomic mass is 9.95. The van der Waals surface area contributed by atoms with Gasteiger partial charge in [0.25, 0.3) is 0 Å². The Hall–Kier alpha value is -1.03. The summed E-state index contributed by atoms with van der Waals surface area (Å²) in [5.74, 6) is 0. The van der Waals surface area contributed by atoms with Gasteiger partial charge in [-0.15, -0.1) is 0 Å². The van der Waals surface area contributed by atoms with Gasteiger partial charge in [0, 0.05) is 0 Å². The van der Waals surface area contributed by atoms with E-state index in [2.05, 4.69) is 4.74 Å². The van der Waals surface area contributed by atoms with Crippen LogP contribution in [0.1, 0.15) is 23.1 Å². The molecule has 1 heterocycles. The fourth-order valence-corrected chi connectivity index (χ4v) is 2.39. The van der Waals surface area contributed by atoms with Crippen LogP contribution in [0.2, 0.25) is 0 Å². The zero-order valence-corrected chi connectivity index (χ0v) is 8.60. The van der Waals surface area contributed by atoms with E-state index >= 15 is 0 Å². The number of hydrogen-bond acceptors (Lipinski definition) is 1. The topological polar surface area (TPSA) is 12.5 Å². The number of aryl methyl sites for hydroxylation is 2. The van der Waals surface area contributed by atoms with Crippen molar-refractivity contribution in [1.29, 1.82) is 0 Å². The molecule has 0 bridgehead atoms. The monoisotopic (exact) mass is 228 g/mol. The van der Waals surface area contributed by atoms with Crippen LogP contribution in [0.5, 0.6) is 0 Å². The number of hydrogen-bond donors (Lipinski definition) is 0. The van der Waals surface area contributed by atoms with Gasteiger partial charge in [0.2, 0.25) is 5.60 Å². The molecule has 0 saturated carbocycles. The predicted octanol–water partition coefficient (Wildman–Crippen LogP) is 2.96. The molecule has 86 valence electrons. The van der Waals surface area contributed by atoms with Crippen LogP contribution in [0.4, 0.5) is 13.2 Å². The molecule has 1 nitrogen and oxygen atoms in total. The van der Waals surface area contributed by atoms with Crippen molar-refractivity contribution in [3.8, 4) is 0 Å². The van der Waals surface area contributed by atoms with Gasteiger partial charge in [-0.1, -0.05) is 18.2 Å². The number of benzene rings is 1. The SMILES string of the molecule is FC(F)(F)C1(c2ccc3c(c2)CCC3)CO1. The summed E-state index contributed by atoms with van der Waals surface area (Å²) in [6.45, 7) is -0.241. The molecule has 3 rings (SSSR count). The smallest absolute Gasteiger partial charge is 0.355 e. The maximum absolute atomic E-state index is 12.8. The minimum Gasteiger partial charge on any atom is -0.355 e. The van der Waals surface area contributed by atoms with Gasteiger partial charge >= 0.3 is 6.18 Å². The van der Waals surface area contributed by atoms with Gasteiger partial charge in [-0.2, -0.15) is 13.2 Å². The highest BCUT2D eigenvalue weighted by Gasteiger charge is 2.67. The molecule has 1 saturated heterocycles. The minimum atomic E-state index is -4.31. The van der Waals surface area contributed by atoms with Crippen LogP contribution >= 0.6 is 0 Å². The first-order valence-electron chi connectivity index (χ1n) is 5.36. The fraction of sp³-hybridized carbons (Fsp3) is 0.500. The summed E-state index contributed by atoms with van der Waals surface area (Å²) in [5, 5.41) is 0. The van der Waals surface area contributed by atoms with Crippen molar-refractivity contribution in [3.05, 3.63) is 34.9 Å². The summed E-state index contributed by atoms with van der Waals surface area (Å²) in [4.78, 5) is 0. The minimum absolute atomic E-state index is 0.241. The normalized spacial score (nSPS) is 27.9. The van der Waals surface area contributed by atoms with Crippen LogP contribution in [-0.2, 0) is 23.2 Å². The summed E-state index contributed by atoms with van der Waals surface area (Å²) in [6, 6.07) is 5.04. The molecule has 0 spiro atoms. The zero-order chi connectivity index (χ0) is 11.4. The van der Waals surface area contributed by atoms with Gasteiger partial charge in [-0.05, 0) is 36.0 Å². The molecule has 16 heavy (non-hydrogen) atoms. The van der Waals surface area contributed by atoms with Crippen LogP contribution in [0.15, 0.2) is 18.2 Å². The second kappa shape index (κ2) is 3.00. The van der Waals surface area contributed by atoms with Gasteiger partial charge in [-0.25, -0.2) is 0 Å². The highest BCUT2D eigenvalue weighted by Crippen LogP contribution is 2.52. The van der Waals surface area contributed by atoms with Crippen molar-refractivity contribution >= 4 is 0 Å². The summed E-state index contributed by atoms with van der Waals surface area (Å²) < 4.78 is 43.1. The Bertz CT molecular complexity index is 432. The van der Waals surface area contributed by atoms with Crippen LogP contribution in [-0.4, -0.2) is 12.8 Å². The molecule has 0 N–H and O–H groups in total. The Kier molecular flexibility index (Phi) is 1.90. The Morgan fingerprint density at radius 3 is 2.44 bits per heavy atom. The number of rotatable bonds is 1. The second-order valence-electron chi connectivity index (χ2n) is 4.45. The molecule has 1 aromatic carbocycles. The fourth-order valence-electron chi connectivity index (χ4n) is 2.39. The summed E-state index contributed by atoms with van der Waals surface area (Å²) in [6.07, 6.45) is -1.40. The molecule has 1 aromatic rings. The molecule has 1 atom stereocenters. The van der Waals surface area contributed by atoms with Crippen LogP contribution in [0, 0.1) is 0 Å². The van der Waals surface area contributed by atoms with E-state index in [0.29, 0.717) is 0 Å². The molecule has 1 aliphatic heterocycles. The average molecular weight is 228 g/mol. The predicted molar refractivity (Wildman–Crippen MR) is 52.2 cm³/mol. The van der Waals surface area contributed by atoms with Gasteiger partial charge in [0.15, 0.2) is 0 Å². The standard InChI is InChI=1S/C12H11F3O/c13-12(14,15)11(7-16-11)10-5-4-8-2-1-3-9(8)6-10/h4-6H,1-3,7H2. The maximum atomic E-state index is 12.8. The molecule has 0 aromatic heterocycles. The Morgan fingerprint density at radius 2 is 1.81 bits per heavy atom. The molecule has 1 aliphatic carbocycles. The summed E-state index contributed by atoms with van der Waals surface area (Å²) >= 11 is 0. The third-order valence-corrected chi connectivity index (χ3v) is 3.46. The summed E-state index contributed by atoms with van der Waals surface area (Å²) in [5.41, 5.74) is 0.490. The number of ether oxygens (including phenoxy) is 1. The first-order valence-corrected chi connectivity index (χ1v) is 5.36. The van der Waals surface area contributed by atoms with Gasteiger partial charge in [-0.3, -0.25) is 0 Å². The van der Waals surface area contributed by atoms with E-state index in [4.69, 9.17) is 0 Å². The molecule has 0 amide bonds. The molecule has 4 heteroatoms. The number of fused-ring (bicyclic) bond motifs is 1. The van der Waals surface area contributed by atoms with E-state index < -0.39 is 11.8 Å². The lowest BCUT2D eigenvalue weighted by molar-refractivity contribution is -0.187. The van der Waals surface area contributed by atoms with Gasteiger partial charge in [0.05, 0.1) is 6.61 Å². The van der Waals surface area contributed by atoms with Crippen molar-refractivity contribution in [1.82, 2.24) is 0 Å². The molecule has 2 aliphatic rings. The largest absolute Gasteiger partial charge is 0.424 e. The van der Waals surface area contributed by atoms with E-state index in [1.807, 2.05) is 6.07 Å². The van der Waals surface area contributed by atoms with E-state index in [0.717, 1.165) is 24.8 Å². The van der Waals surface area contributed by atoms with E-state index in [1.54, 1.807) is 12.1 Å². The van der Waals surface area contributed by atoms with Crippen molar-refractivity contribution in [2.75, 3.05) is 6.61 Å². The molecular weight excluding hydrogens is 217 g/mol. The Labute approximate surface area is 91.2 Å². The average Bonchev–Trinajstić information content (AvgIpc) is 2.91. The van der Waals surface area contributed by atoms with Crippen molar-refractivity contribution in [2.45, 2.75) is 31.0 Å². The number of epoxide rings is 1. The number of alkyl halides is 3. The third kappa shape index (κ3) is 1.29. The van der Waals surface area contributed by atoms with Crippen LogP contribution in [0.25, 0.3) is 0 Å². The zero-order valence-electron chi connectivity index (χ0n) is 8.60. The van der Waals surface area contributed by atoms with E-state index in [-0.39, 0.29) is 12.2 Å². The van der Waals surface area contributed by atoms with Crippen molar-refractivity contribution in [3.63, 3.8) is 0 Å². The van der Waals surface area contributed by atoms with Crippen LogP contribution < -0.4 is 0 Å². The molecular formula is C12H11F3O. The Morgan fingerprint density at radius 1 is 1.12 bits per heavy atom. The first-order chi connectivity index (χ1) is 7.53. The van der Waals surface area contributed by atoms with Crippen molar-refractivity contribution < 1.29 is 17.9 Å². The summed E-state index contributed by atoms with van der Waals surface area (Å²) in [7, 11) is 0. The number of halogens is 3. The molecule has 1 unspecified atom stereocenters. The van der Waals surface area contributed by atoms with Gasteiger partial charge < -0.3 is 4.74 Å². The third-order valence-electron chi connectivity index (χ3n) is 3.46. The van der Waals surface area contributed by atoms with E-state index in [9.17, 15) is 13.2 Å². The first kappa shape index (κ1) is 10.1. The lowest BCUT2D eigenvalue weighted by Crippen LogP contribution is -2.30.